The molecule has 0 radical (unpaired) electrons. The Balaban J connectivity index is 1.83. The van der Waals surface area contributed by atoms with Gasteiger partial charge in [-0.3, -0.25) is 14.6 Å². The molecule has 1 atom stereocenters. The van der Waals surface area contributed by atoms with Crippen molar-refractivity contribution in [2.24, 2.45) is 5.73 Å². The van der Waals surface area contributed by atoms with Crippen LogP contribution in [-0.4, -0.2) is 22.8 Å². The first-order chi connectivity index (χ1) is 12.0. The number of nitrogens with zero attached hydrogens (tertiary/aromatic N) is 1. The number of aromatic nitrogens is 1. The maximum absolute atomic E-state index is 12.7. The van der Waals surface area contributed by atoms with Crippen molar-refractivity contribution in [2.45, 2.75) is 12.5 Å². The predicted molar refractivity (Wildman–Crippen MR) is 100 cm³/mol. The molecule has 6 heteroatoms. The number of primary amides is 1. The lowest BCUT2D eigenvalue weighted by atomic mass is 10.0. The molecule has 5 nitrogen and oxygen atoms in total. The molecule has 0 unspecified atom stereocenters. The number of fused-ring (bicyclic) bond motifs is 1. The lowest BCUT2D eigenvalue weighted by Crippen LogP contribution is -2.45. The van der Waals surface area contributed by atoms with Crippen LogP contribution in [0.15, 0.2) is 65.3 Å². The summed E-state index contributed by atoms with van der Waals surface area (Å²) in [6.07, 6.45) is 1.91. The quantitative estimate of drug-likeness (QED) is 0.693. The zero-order valence-corrected chi connectivity index (χ0v) is 14.9. The lowest BCUT2D eigenvalue weighted by molar-refractivity contribution is -0.119. The molecule has 0 aliphatic heterocycles. The van der Waals surface area contributed by atoms with Gasteiger partial charge in [-0.1, -0.05) is 46.3 Å². The number of nitrogens with two attached hydrogens (primary N) is 1. The molecule has 0 spiro atoms. The minimum absolute atomic E-state index is 0.331. The molecular formula is C19H16BrN3O2. The van der Waals surface area contributed by atoms with E-state index in [0.717, 1.165) is 20.9 Å². The van der Waals surface area contributed by atoms with Crippen LogP contribution in [-0.2, 0) is 11.2 Å². The van der Waals surface area contributed by atoms with Crippen molar-refractivity contribution in [1.82, 2.24) is 10.3 Å². The molecule has 2 amide bonds. The van der Waals surface area contributed by atoms with Gasteiger partial charge >= 0.3 is 0 Å². The van der Waals surface area contributed by atoms with Gasteiger partial charge in [-0.05, 0) is 29.8 Å². The van der Waals surface area contributed by atoms with Gasteiger partial charge in [0.1, 0.15) is 6.04 Å². The molecule has 1 aromatic heterocycles. The summed E-state index contributed by atoms with van der Waals surface area (Å²) in [6, 6.07) is 15.7. The summed E-state index contributed by atoms with van der Waals surface area (Å²) in [5, 5.41) is 3.47. The molecule has 0 aliphatic rings. The van der Waals surface area contributed by atoms with Crippen LogP contribution >= 0.6 is 15.9 Å². The number of carbonyl (C=O) groups is 2. The number of rotatable bonds is 5. The number of nitrogens with one attached hydrogen (secondary N) is 1. The van der Waals surface area contributed by atoms with Crippen molar-refractivity contribution in [3.05, 3.63) is 76.4 Å². The number of hydrogen-bond donors (Lipinski definition) is 2. The van der Waals surface area contributed by atoms with Crippen molar-refractivity contribution in [3.8, 4) is 0 Å². The van der Waals surface area contributed by atoms with Gasteiger partial charge in [-0.2, -0.15) is 0 Å². The highest BCUT2D eigenvalue weighted by Crippen LogP contribution is 2.17. The predicted octanol–water partition coefficient (Wildman–Crippen LogP) is 2.82. The molecule has 0 fully saturated rings. The second-order valence-electron chi connectivity index (χ2n) is 5.63. The largest absolute Gasteiger partial charge is 0.368 e. The molecule has 0 saturated carbocycles. The fourth-order valence-electron chi connectivity index (χ4n) is 2.61. The minimum Gasteiger partial charge on any atom is -0.368 e. The fraction of sp³-hybridized carbons (Fsp3) is 0.105. The second kappa shape index (κ2) is 7.44. The van der Waals surface area contributed by atoms with E-state index in [9.17, 15) is 9.59 Å². The maximum atomic E-state index is 12.7. The van der Waals surface area contributed by atoms with Crippen molar-refractivity contribution in [1.29, 1.82) is 0 Å². The first kappa shape index (κ1) is 17.1. The Kier molecular flexibility index (Phi) is 5.09. The van der Waals surface area contributed by atoms with Crippen LogP contribution < -0.4 is 11.1 Å². The van der Waals surface area contributed by atoms with E-state index in [1.54, 1.807) is 12.3 Å². The van der Waals surface area contributed by atoms with E-state index in [4.69, 9.17) is 5.73 Å². The number of amides is 2. The lowest BCUT2D eigenvalue weighted by Gasteiger charge is -2.16. The third kappa shape index (κ3) is 4.03. The number of para-hydroxylation sites is 1. The number of carbonyl (C=O) groups excluding carboxylic acids is 2. The maximum Gasteiger partial charge on any atom is 0.252 e. The Hall–Kier alpha value is -2.73. The molecule has 25 heavy (non-hydrogen) atoms. The van der Waals surface area contributed by atoms with Crippen LogP contribution in [0.25, 0.3) is 10.9 Å². The summed E-state index contributed by atoms with van der Waals surface area (Å²) >= 11 is 3.37. The zero-order valence-electron chi connectivity index (χ0n) is 13.3. The molecule has 3 rings (SSSR count). The Morgan fingerprint density at radius 2 is 1.80 bits per heavy atom. The van der Waals surface area contributed by atoms with Gasteiger partial charge < -0.3 is 11.1 Å². The van der Waals surface area contributed by atoms with Crippen molar-refractivity contribution in [2.75, 3.05) is 0 Å². The van der Waals surface area contributed by atoms with Gasteiger partial charge in [0.25, 0.3) is 5.91 Å². The normalized spacial score (nSPS) is 11.9. The number of halogens is 1. The third-order valence-corrected chi connectivity index (χ3v) is 4.42. The van der Waals surface area contributed by atoms with Gasteiger partial charge in [-0.25, -0.2) is 0 Å². The SMILES string of the molecule is NC(=O)[C@H](Cc1ccc(Br)cc1)NC(=O)c1ccnc2ccccc12. The van der Waals surface area contributed by atoms with E-state index < -0.39 is 11.9 Å². The standard InChI is InChI=1S/C19H16BrN3O2/c20-13-7-5-12(6-8-13)11-17(18(21)24)23-19(25)15-9-10-22-16-4-2-1-3-14(15)16/h1-10,17H,11H2,(H2,21,24)(H,23,25)/t17-/m0/s1. The van der Waals surface area contributed by atoms with Crippen molar-refractivity contribution >= 4 is 38.6 Å². The Morgan fingerprint density at radius 1 is 1.08 bits per heavy atom. The Bertz CT molecular complexity index is 920. The van der Waals surface area contributed by atoms with E-state index >= 15 is 0 Å². The first-order valence-corrected chi connectivity index (χ1v) is 8.52. The monoisotopic (exact) mass is 397 g/mol. The minimum atomic E-state index is -0.791. The summed E-state index contributed by atoms with van der Waals surface area (Å²) in [5.41, 5.74) is 7.57. The molecule has 3 N–H and O–H groups in total. The second-order valence-corrected chi connectivity index (χ2v) is 6.55. The topological polar surface area (TPSA) is 85.1 Å². The summed E-state index contributed by atoms with van der Waals surface area (Å²) < 4.78 is 0.944. The smallest absolute Gasteiger partial charge is 0.252 e. The third-order valence-electron chi connectivity index (χ3n) is 3.90. The van der Waals surface area contributed by atoms with Crippen molar-refractivity contribution < 1.29 is 9.59 Å². The summed E-state index contributed by atoms with van der Waals surface area (Å²) in [5.74, 6) is -0.922. The summed E-state index contributed by atoms with van der Waals surface area (Å²) in [7, 11) is 0. The fourth-order valence-corrected chi connectivity index (χ4v) is 2.87. The molecule has 2 aromatic carbocycles. The zero-order chi connectivity index (χ0) is 17.8. The Labute approximate surface area is 153 Å². The Morgan fingerprint density at radius 3 is 2.52 bits per heavy atom. The van der Waals surface area contributed by atoms with Crippen LogP contribution in [0, 0.1) is 0 Å². The molecule has 1 heterocycles. The highest BCUT2D eigenvalue weighted by Gasteiger charge is 2.20. The van der Waals surface area contributed by atoms with Gasteiger partial charge in [0.05, 0.1) is 11.1 Å². The summed E-state index contributed by atoms with van der Waals surface area (Å²) in [6.45, 7) is 0. The van der Waals surface area contributed by atoms with E-state index in [-0.39, 0.29) is 5.91 Å². The van der Waals surface area contributed by atoms with Gasteiger partial charge in [0, 0.05) is 22.5 Å². The molecule has 0 saturated heterocycles. The highest BCUT2D eigenvalue weighted by molar-refractivity contribution is 9.10. The first-order valence-electron chi connectivity index (χ1n) is 7.73. The molecule has 0 bridgehead atoms. The van der Waals surface area contributed by atoms with E-state index in [1.807, 2.05) is 48.5 Å². The van der Waals surface area contributed by atoms with E-state index in [0.29, 0.717) is 12.0 Å². The van der Waals surface area contributed by atoms with Crippen LogP contribution in [0.5, 0.6) is 0 Å². The molecular weight excluding hydrogens is 382 g/mol. The molecule has 126 valence electrons. The molecule has 3 aromatic rings. The van der Waals surface area contributed by atoms with Crippen LogP contribution in [0.4, 0.5) is 0 Å². The van der Waals surface area contributed by atoms with Gasteiger partial charge in [-0.15, -0.1) is 0 Å². The van der Waals surface area contributed by atoms with Crippen LogP contribution in [0.3, 0.4) is 0 Å². The molecule has 0 aliphatic carbocycles. The van der Waals surface area contributed by atoms with E-state index in [2.05, 4.69) is 26.2 Å². The van der Waals surface area contributed by atoms with Crippen LogP contribution in [0.2, 0.25) is 0 Å². The summed E-state index contributed by atoms with van der Waals surface area (Å²) in [4.78, 5) is 28.7. The highest BCUT2D eigenvalue weighted by atomic mass is 79.9. The number of pyridine rings is 1. The average Bonchev–Trinajstić information content (AvgIpc) is 2.62. The number of hydrogen-bond acceptors (Lipinski definition) is 3. The van der Waals surface area contributed by atoms with Crippen molar-refractivity contribution in [3.63, 3.8) is 0 Å². The number of benzene rings is 2. The van der Waals surface area contributed by atoms with Crippen LogP contribution in [0.1, 0.15) is 15.9 Å². The van der Waals surface area contributed by atoms with Gasteiger partial charge in [0.15, 0.2) is 0 Å². The van der Waals surface area contributed by atoms with Gasteiger partial charge in [0.2, 0.25) is 5.91 Å². The van der Waals surface area contributed by atoms with E-state index in [1.165, 1.54) is 0 Å². The average molecular weight is 398 g/mol.